The minimum Gasteiger partial charge on any atom is -0.398 e. The smallest absolute Gasteiger partial charge is 0.208 e. The number of nitrogens with one attached hydrogen (secondary N) is 1. The zero-order valence-electron chi connectivity index (χ0n) is 16.8. The molecule has 0 bridgehead atoms. The van der Waals surface area contributed by atoms with Gasteiger partial charge in [0.15, 0.2) is 0 Å². The molecule has 5 heteroatoms. The molecular formula is C26H21ClN4. The highest BCUT2D eigenvalue weighted by atomic mass is 35.5. The van der Waals surface area contributed by atoms with Crippen molar-refractivity contribution in [2.45, 2.75) is 6.54 Å². The van der Waals surface area contributed by atoms with Crippen molar-refractivity contribution < 1.29 is 0 Å². The van der Waals surface area contributed by atoms with Crippen LogP contribution >= 0.6 is 11.6 Å². The van der Waals surface area contributed by atoms with E-state index in [-0.39, 0.29) is 0 Å². The molecule has 5 rings (SSSR count). The van der Waals surface area contributed by atoms with Crippen molar-refractivity contribution in [2.75, 3.05) is 5.73 Å². The standard InChI is InChI=1S/C26H21ClN4/c27-22-9-3-1-7-19(22)17-30-24-11-5-6-12-25(24)31(26(30)29)20-15-13-18(14-16-20)21-8-2-4-10-23(21)28/h1-16,29H,17,28H2. The lowest BCUT2D eigenvalue weighted by Crippen LogP contribution is -2.24. The summed E-state index contributed by atoms with van der Waals surface area (Å²) < 4.78 is 3.95. The monoisotopic (exact) mass is 424 g/mol. The van der Waals surface area contributed by atoms with E-state index in [1.54, 1.807) is 0 Å². The number of nitrogens with two attached hydrogens (primary N) is 1. The molecule has 4 aromatic carbocycles. The van der Waals surface area contributed by atoms with Gasteiger partial charge in [-0.2, -0.15) is 0 Å². The second-order valence-corrected chi connectivity index (χ2v) is 7.87. The van der Waals surface area contributed by atoms with E-state index in [1.165, 1.54) is 0 Å². The van der Waals surface area contributed by atoms with Crippen LogP contribution in [-0.2, 0) is 6.54 Å². The first-order chi connectivity index (χ1) is 15.1. The van der Waals surface area contributed by atoms with Crippen molar-refractivity contribution in [1.82, 2.24) is 9.13 Å². The summed E-state index contributed by atoms with van der Waals surface area (Å²) in [6.45, 7) is 0.532. The van der Waals surface area contributed by atoms with Crippen LogP contribution in [0, 0.1) is 5.41 Å². The fourth-order valence-corrected chi connectivity index (χ4v) is 4.19. The summed E-state index contributed by atoms with van der Waals surface area (Å²) in [5.74, 6) is 0. The summed E-state index contributed by atoms with van der Waals surface area (Å²) >= 11 is 6.40. The number of rotatable bonds is 4. The van der Waals surface area contributed by atoms with E-state index in [0.717, 1.165) is 39.1 Å². The van der Waals surface area contributed by atoms with Gasteiger partial charge in [0.25, 0.3) is 0 Å². The van der Waals surface area contributed by atoms with Gasteiger partial charge < -0.3 is 10.3 Å². The molecule has 4 nitrogen and oxygen atoms in total. The fourth-order valence-electron chi connectivity index (χ4n) is 4.00. The topological polar surface area (TPSA) is 59.7 Å². The van der Waals surface area contributed by atoms with Gasteiger partial charge in [0, 0.05) is 22.0 Å². The van der Waals surface area contributed by atoms with Gasteiger partial charge in [-0.15, -0.1) is 0 Å². The zero-order valence-corrected chi connectivity index (χ0v) is 17.6. The molecule has 0 radical (unpaired) electrons. The molecule has 0 fully saturated rings. The lowest BCUT2D eigenvalue weighted by Gasteiger charge is -2.09. The molecule has 0 spiro atoms. The third-order valence-electron chi connectivity index (χ3n) is 5.56. The molecule has 3 N–H and O–H groups in total. The van der Waals surface area contributed by atoms with Crippen molar-refractivity contribution in [3.8, 4) is 16.8 Å². The van der Waals surface area contributed by atoms with E-state index in [2.05, 4.69) is 0 Å². The largest absolute Gasteiger partial charge is 0.398 e. The molecule has 0 aliphatic rings. The number of aromatic nitrogens is 2. The van der Waals surface area contributed by atoms with Crippen molar-refractivity contribution in [3.63, 3.8) is 0 Å². The third kappa shape index (κ3) is 3.41. The van der Waals surface area contributed by atoms with Gasteiger partial charge >= 0.3 is 0 Å². The van der Waals surface area contributed by atoms with E-state index in [0.29, 0.717) is 17.2 Å². The summed E-state index contributed by atoms with van der Waals surface area (Å²) in [5, 5.41) is 9.65. The van der Waals surface area contributed by atoms with Gasteiger partial charge in [-0.3, -0.25) is 9.98 Å². The lowest BCUT2D eigenvalue weighted by atomic mass is 10.0. The minimum absolute atomic E-state index is 0.396. The number of hydrogen-bond acceptors (Lipinski definition) is 2. The molecule has 0 unspecified atom stereocenters. The summed E-state index contributed by atoms with van der Waals surface area (Å²) in [6, 6.07) is 31.9. The SMILES string of the molecule is N=c1n(Cc2ccccc2Cl)c2ccccc2n1-c1ccc(-c2ccccc2N)cc1. The molecule has 1 heterocycles. The first-order valence-corrected chi connectivity index (χ1v) is 10.4. The normalized spacial score (nSPS) is 11.1. The summed E-state index contributed by atoms with van der Waals surface area (Å²) in [6.07, 6.45) is 0. The van der Waals surface area contributed by atoms with Crippen LogP contribution in [-0.4, -0.2) is 9.13 Å². The lowest BCUT2D eigenvalue weighted by molar-refractivity contribution is 0.724. The van der Waals surface area contributed by atoms with E-state index < -0.39 is 0 Å². The first kappa shape index (κ1) is 19.2. The zero-order chi connectivity index (χ0) is 21.4. The second-order valence-electron chi connectivity index (χ2n) is 7.46. The van der Waals surface area contributed by atoms with Crippen molar-refractivity contribution >= 4 is 28.3 Å². The Morgan fingerprint density at radius 3 is 2.13 bits per heavy atom. The van der Waals surface area contributed by atoms with Crippen LogP contribution in [0.2, 0.25) is 5.02 Å². The van der Waals surface area contributed by atoms with Crippen molar-refractivity contribution in [1.29, 1.82) is 5.41 Å². The summed E-state index contributed by atoms with van der Waals surface area (Å²) in [7, 11) is 0. The molecule has 5 aromatic rings. The molecule has 0 atom stereocenters. The Hall–Kier alpha value is -3.76. The molecule has 1 aromatic heterocycles. The van der Waals surface area contributed by atoms with Crippen LogP contribution in [0.25, 0.3) is 27.8 Å². The Morgan fingerprint density at radius 1 is 0.742 bits per heavy atom. The average molecular weight is 425 g/mol. The molecule has 152 valence electrons. The molecule has 0 saturated heterocycles. The van der Waals surface area contributed by atoms with Gasteiger partial charge in [0.1, 0.15) is 0 Å². The van der Waals surface area contributed by atoms with E-state index >= 15 is 0 Å². The fraction of sp³-hybridized carbons (Fsp3) is 0.0385. The number of fused-ring (bicyclic) bond motifs is 1. The van der Waals surface area contributed by atoms with Crippen molar-refractivity contribution in [3.05, 3.63) is 113 Å². The maximum Gasteiger partial charge on any atom is 0.208 e. The van der Waals surface area contributed by atoms with Gasteiger partial charge in [-0.25, -0.2) is 0 Å². The molecule has 0 amide bonds. The van der Waals surface area contributed by atoms with Crippen LogP contribution in [0.15, 0.2) is 97.1 Å². The quantitative estimate of drug-likeness (QED) is 0.348. The highest BCUT2D eigenvalue weighted by Crippen LogP contribution is 2.27. The highest BCUT2D eigenvalue weighted by molar-refractivity contribution is 6.31. The Bertz CT molecular complexity index is 1440. The van der Waals surface area contributed by atoms with Crippen LogP contribution in [0.3, 0.4) is 0 Å². The molecular weight excluding hydrogens is 404 g/mol. The molecule has 0 saturated carbocycles. The predicted molar refractivity (Wildman–Crippen MR) is 128 cm³/mol. The van der Waals surface area contributed by atoms with Gasteiger partial charge in [0.2, 0.25) is 5.62 Å². The van der Waals surface area contributed by atoms with Gasteiger partial charge in [-0.1, -0.05) is 72.3 Å². The number of benzene rings is 4. The minimum atomic E-state index is 0.396. The maximum atomic E-state index is 8.95. The Labute approximate surface area is 185 Å². The average Bonchev–Trinajstić information content (AvgIpc) is 3.07. The van der Waals surface area contributed by atoms with E-state index in [4.69, 9.17) is 22.7 Å². The Kier molecular flexibility index (Phi) is 4.85. The third-order valence-corrected chi connectivity index (χ3v) is 5.93. The first-order valence-electron chi connectivity index (χ1n) is 10.1. The van der Waals surface area contributed by atoms with Gasteiger partial charge in [0.05, 0.1) is 17.6 Å². The van der Waals surface area contributed by atoms with Crippen molar-refractivity contribution in [2.24, 2.45) is 0 Å². The van der Waals surface area contributed by atoms with E-state index in [1.807, 2.05) is 106 Å². The summed E-state index contributed by atoms with van der Waals surface area (Å²) in [5.41, 5.74) is 13.2. The van der Waals surface area contributed by atoms with Crippen LogP contribution in [0.4, 0.5) is 5.69 Å². The molecule has 0 aliphatic heterocycles. The van der Waals surface area contributed by atoms with Crippen LogP contribution < -0.4 is 11.4 Å². The number of anilines is 1. The number of nitrogen functional groups attached to an aromatic ring is 1. The number of imidazole rings is 1. The molecule has 0 aliphatic carbocycles. The number of halogens is 1. The Morgan fingerprint density at radius 2 is 1.39 bits per heavy atom. The number of nitrogens with zero attached hydrogens (tertiary/aromatic N) is 2. The van der Waals surface area contributed by atoms with Crippen LogP contribution in [0.1, 0.15) is 5.56 Å². The Balaban J connectivity index is 1.63. The number of para-hydroxylation sites is 3. The second kappa shape index (κ2) is 7.82. The molecule has 31 heavy (non-hydrogen) atoms. The van der Waals surface area contributed by atoms with Gasteiger partial charge in [-0.05, 0) is 47.5 Å². The highest BCUT2D eigenvalue weighted by Gasteiger charge is 2.13. The van der Waals surface area contributed by atoms with E-state index in [9.17, 15) is 0 Å². The maximum absolute atomic E-state index is 8.95. The number of hydrogen-bond donors (Lipinski definition) is 2. The van der Waals surface area contributed by atoms with Crippen LogP contribution in [0.5, 0.6) is 0 Å². The predicted octanol–water partition coefficient (Wildman–Crippen LogP) is 5.86. The summed E-state index contributed by atoms with van der Waals surface area (Å²) in [4.78, 5) is 0.